The number of nitrogens with zero attached hydrogens (tertiary/aromatic N) is 4. The van der Waals surface area contributed by atoms with E-state index >= 15 is 19.2 Å². The average molecular weight is 1070 g/mol. The van der Waals surface area contributed by atoms with Gasteiger partial charge in [-0.15, -0.1) is 0 Å². The zero-order valence-electron chi connectivity index (χ0n) is 44.4. The molecule has 11 rings (SSSR count). The van der Waals surface area contributed by atoms with Crippen LogP contribution in [0.2, 0.25) is 0 Å². The second-order valence-electron chi connectivity index (χ2n) is 19.5. The Bertz CT molecular complexity index is 3450. The van der Waals surface area contributed by atoms with E-state index in [1.54, 1.807) is 111 Å². The van der Waals surface area contributed by atoms with Gasteiger partial charge < -0.3 is 39.0 Å². The predicted octanol–water partition coefficient (Wildman–Crippen LogP) is 11.3. The van der Waals surface area contributed by atoms with Crippen molar-refractivity contribution in [2.24, 2.45) is 0 Å². The number of aliphatic hydroxyl groups excluding tert-OH is 2. The summed E-state index contributed by atoms with van der Waals surface area (Å²) in [7, 11) is 0. The fourth-order valence-corrected chi connectivity index (χ4v) is 11.2. The van der Waals surface area contributed by atoms with E-state index in [-0.39, 0.29) is 101 Å². The van der Waals surface area contributed by atoms with Gasteiger partial charge >= 0.3 is 0 Å². The molecule has 6 amide bonds. The van der Waals surface area contributed by atoms with Crippen LogP contribution in [0.4, 0.5) is 0 Å². The molecule has 9 aromatic carbocycles. The van der Waals surface area contributed by atoms with Crippen LogP contribution < -0.4 is 18.9 Å². The zero-order valence-corrected chi connectivity index (χ0v) is 44.4. The number of para-hydroxylation sites is 4. The zero-order chi connectivity index (χ0) is 55.9. The second-order valence-corrected chi connectivity index (χ2v) is 19.5. The van der Waals surface area contributed by atoms with Crippen LogP contribution in [0.25, 0.3) is 43.1 Å². The Morgan fingerprint density at radius 3 is 0.863 bits per heavy atom. The van der Waals surface area contributed by atoms with Crippen molar-refractivity contribution in [2.45, 2.75) is 52.6 Å². The van der Waals surface area contributed by atoms with Crippen LogP contribution in [0.3, 0.4) is 0 Å². The lowest BCUT2D eigenvalue weighted by molar-refractivity contribution is -0.137. The summed E-state index contributed by atoms with van der Waals surface area (Å²) >= 11 is 0. The normalized spacial score (nSPS) is 13.8. The van der Waals surface area contributed by atoms with Gasteiger partial charge in [0.25, 0.3) is 23.6 Å². The number of hydrogen-bond acceptors (Lipinski definition) is 12. The van der Waals surface area contributed by atoms with Gasteiger partial charge in [-0.3, -0.25) is 38.6 Å². The molecule has 0 radical (unpaired) electrons. The standard InChI is InChI=1S/C64H56N4O12/c1-5-29-65(7-3)63(75)45(35-69)67-59(71)41-31-47(77-37-21-13-9-14-22-37)53-55-49(79-39-25-17-11-18-26-39)33-43-52-44(62(74)68(61(43)73)46(36-70)64(76)66(8-4)30-6-2)34-50(80-40-27-19-12-20-28-40)56(58(52)55)54-48(78-38-23-15-10-16-24-38)32-42(60(67)72)51(41)57(53)54/h9-28,31-34,45-46,69-70H,5-8,29-30,35-36H2,1-4H3. The quantitative estimate of drug-likeness (QED) is 0.0417. The van der Waals surface area contributed by atoms with E-state index in [0.717, 1.165) is 9.80 Å². The van der Waals surface area contributed by atoms with Crippen molar-refractivity contribution >= 4 is 78.5 Å². The number of hydrogen-bond donors (Lipinski definition) is 2. The highest BCUT2D eigenvalue weighted by molar-refractivity contribution is 6.45. The Hall–Kier alpha value is -9.38. The first-order chi connectivity index (χ1) is 39.0. The first-order valence-corrected chi connectivity index (χ1v) is 26.8. The maximum Gasteiger partial charge on any atom is 0.262 e. The third kappa shape index (κ3) is 8.82. The molecular formula is C64H56N4O12. The second kappa shape index (κ2) is 21.8. The van der Waals surface area contributed by atoms with Crippen LogP contribution in [0.5, 0.6) is 46.0 Å². The Morgan fingerprint density at radius 2 is 0.650 bits per heavy atom. The highest BCUT2D eigenvalue weighted by Gasteiger charge is 2.47. The van der Waals surface area contributed by atoms with Gasteiger partial charge in [0.1, 0.15) is 58.1 Å². The number of ether oxygens (including phenoxy) is 4. The monoisotopic (exact) mass is 1070 g/mol. The molecule has 16 nitrogen and oxygen atoms in total. The summed E-state index contributed by atoms with van der Waals surface area (Å²) in [5, 5.41) is 24.0. The van der Waals surface area contributed by atoms with Crippen molar-refractivity contribution in [3.8, 4) is 46.0 Å². The summed E-state index contributed by atoms with van der Waals surface area (Å²) in [5.41, 5.74) is -0.179. The number of likely N-dealkylation sites (N-methyl/N-ethyl adjacent to an activating group) is 2. The first kappa shape index (κ1) is 52.7. The lowest BCUT2D eigenvalue weighted by Crippen LogP contribution is -2.56. The number of amides is 6. The third-order valence-electron chi connectivity index (χ3n) is 14.8. The highest BCUT2D eigenvalue weighted by atomic mass is 16.5. The van der Waals surface area contributed by atoms with E-state index in [0.29, 0.717) is 48.9 Å². The number of carbonyl (C=O) groups excluding carboxylic acids is 6. The molecule has 2 unspecified atom stereocenters. The van der Waals surface area contributed by atoms with Crippen molar-refractivity contribution in [3.05, 3.63) is 168 Å². The van der Waals surface area contributed by atoms with E-state index in [1.165, 1.54) is 34.1 Å². The maximum absolute atomic E-state index is 15.6. The summed E-state index contributed by atoms with van der Waals surface area (Å²) < 4.78 is 27.7. The fourth-order valence-electron chi connectivity index (χ4n) is 11.2. The summed E-state index contributed by atoms with van der Waals surface area (Å²) in [6.45, 7) is 6.74. The number of aliphatic hydroxyl groups is 2. The summed E-state index contributed by atoms with van der Waals surface area (Å²) in [6, 6.07) is 37.9. The van der Waals surface area contributed by atoms with Crippen molar-refractivity contribution < 1.29 is 57.9 Å². The molecular weight excluding hydrogens is 1020 g/mol. The molecule has 9 aromatic rings. The largest absolute Gasteiger partial charge is 0.457 e. The molecule has 0 saturated carbocycles. The number of rotatable bonds is 20. The number of benzene rings is 9. The van der Waals surface area contributed by atoms with Gasteiger partial charge in [-0.05, 0) is 99.5 Å². The van der Waals surface area contributed by atoms with Crippen LogP contribution in [-0.2, 0) is 9.59 Å². The van der Waals surface area contributed by atoms with Crippen molar-refractivity contribution in [1.82, 2.24) is 19.6 Å². The van der Waals surface area contributed by atoms with Gasteiger partial charge in [0.15, 0.2) is 0 Å². The molecule has 0 aliphatic carbocycles. The Kier molecular flexibility index (Phi) is 14.4. The summed E-state index contributed by atoms with van der Waals surface area (Å²) in [5.74, 6) is -3.16. The summed E-state index contributed by atoms with van der Waals surface area (Å²) in [6.07, 6.45) is 1.16. The molecule has 2 aliphatic heterocycles. The molecule has 80 heavy (non-hydrogen) atoms. The Morgan fingerprint density at radius 1 is 0.400 bits per heavy atom. The van der Waals surface area contributed by atoms with Gasteiger partial charge in [-0.2, -0.15) is 0 Å². The molecule has 2 N–H and O–H groups in total. The van der Waals surface area contributed by atoms with Crippen LogP contribution in [0.1, 0.15) is 82.0 Å². The van der Waals surface area contributed by atoms with Crippen molar-refractivity contribution in [3.63, 3.8) is 0 Å². The smallest absolute Gasteiger partial charge is 0.262 e. The molecule has 0 bridgehead atoms. The predicted molar refractivity (Wildman–Crippen MR) is 302 cm³/mol. The van der Waals surface area contributed by atoms with Crippen LogP contribution in [-0.4, -0.2) is 117 Å². The van der Waals surface area contributed by atoms with Crippen LogP contribution in [0, 0.1) is 0 Å². The van der Waals surface area contributed by atoms with Gasteiger partial charge in [0, 0.05) is 69.3 Å². The molecule has 404 valence electrons. The first-order valence-electron chi connectivity index (χ1n) is 26.8. The van der Waals surface area contributed by atoms with E-state index in [4.69, 9.17) is 18.9 Å². The SMILES string of the molecule is CCCN(CC)C(=O)C(CO)N1C(=O)c2cc(Oc3ccccc3)c3c4c(Oc5ccccc5)cc5c6c(cc(Oc7ccccc7)c(c7c(Oc8ccccc8)cc(c2c37)C1=O)c64)C(=O)N(C(CO)C(=O)N(CC)CCC)C5=O. The van der Waals surface area contributed by atoms with E-state index < -0.39 is 60.7 Å². The van der Waals surface area contributed by atoms with Crippen LogP contribution >= 0.6 is 0 Å². The minimum Gasteiger partial charge on any atom is -0.457 e. The minimum atomic E-state index is -1.62. The van der Waals surface area contributed by atoms with Crippen LogP contribution in [0.15, 0.2) is 146 Å². The lowest BCUT2D eigenvalue weighted by atomic mass is 9.80. The average Bonchev–Trinajstić information content (AvgIpc) is 3.54. The molecule has 0 spiro atoms. The van der Waals surface area contributed by atoms with E-state index in [1.807, 2.05) is 38.1 Å². The number of fused-ring (bicyclic) bond motifs is 2. The molecule has 0 fully saturated rings. The molecule has 0 aromatic heterocycles. The van der Waals surface area contributed by atoms with Gasteiger partial charge in [-0.1, -0.05) is 86.6 Å². The molecule has 2 aliphatic rings. The van der Waals surface area contributed by atoms with Crippen molar-refractivity contribution in [2.75, 3.05) is 39.4 Å². The van der Waals surface area contributed by atoms with Gasteiger partial charge in [0.05, 0.1) is 35.5 Å². The Labute approximate surface area is 460 Å². The Balaban J connectivity index is 1.34. The number of carbonyl (C=O) groups is 6. The maximum atomic E-state index is 15.6. The van der Waals surface area contributed by atoms with E-state index in [2.05, 4.69) is 0 Å². The molecule has 2 heterocycles. The minimum absolute atomic E-state index is 0.0448. The highest BCUT2D eigenvalue weighted by Crippen LogP contribution is 2.58. The van der Waals surface area contributed by atoms with Gasteiger partial charge in [-0.25, -0.2) is 0 Å². The van der Waals surface area contributed by atoms with Crippen molar-refractivity contribution in [1.29, 1.82) is 0 Å². The van der Waals surface area contributed by atoms with Gasteiger partial charge in [0.2, 0.25) is 11.8 Å². The molecule has 2 atom stereocenters. The fraction of sp³-hybridized carbons (Fsp3) is 0.219. The topological polar surface area (TPSA) is 193 Å². The lowest BCUT2D eigenvalue weighted by Gasteiger charge is -2.36. The van der Waals surface area contributed by atoms with E-state index in [9.17, 15) is 19.8 Å². The summed E-state index contributed by atoms with van der Waals surface area (Å²) in [4.78, 5) is 95.7. The molecule has 16 heteroatoms. The number of imide groups is 2. The third-order valence-corrected chi connectivity index (χ3v) is 14.8. The molecule has 0 saturated heterocycles.